The van der Waals surface area contributed by atoms with Crippen molar-refractivity contribution in [2.75, 3.05) is 32.6 Å². The number of phenols is 2. The summed E-state index contributed by atoms with van der Waals surface area (Å²) in [4.78, 5) is 131. The van der Waals surface area contributed by atoms with Gasteiger partial charge in [-0.3, -0.25) is 44.4 Å². The van der Waals surface area contributed by atoms with Crippen LogP contribution in [0.2, 0.25) is 45.2 Å². The van der Waals surface area contributed by atoms with Gasteiger partial charge in [0.1, 0.15) is 63.0 Å². The number of hydrazine groups is 2. The number of nitrogens with one attached hydrogen (secondary N) is 6. The minimum atomic E-state index is -1.66. The molecule has 0 aliphatic carbocycles. The van der Waals surface area contributed by atoms with Crippen LogP contribution in [0.5, 0.6) is 28.9 Å². The van der Waals surface area contributed by atoms with Crippen molar-refractivity contribution in [3.63, 3.8) is 0 Å². The van der Waals surface area contributed by atoms with Crippen molar-refractivity contribution in [2.24, 2.45) is 31.5 Å². The molecule has 7 amide bonds. The molecule has 3 aliphatic rings. The summed E-state index contributed by atoms with van der Waals surface area (Å²) in [5, 5.41) is 40.1. The number of ketones is 1. The number of benzene rings is 9. The van der Waals surface area contributed by atoms with Gasteiger partial charge in [0.05, 0.1) is 70.8 Å². The second-order valence-corrected chi connectivity index (χ2v) is 37.6. The number of phenolic OH excluding ortho intramolecular Hbond substituents is 2. The number of aromatic nitrogens is 4. The SMILES string of the molecule is CC(C)COc1ncnc2nc[nH]c12.CCC(Oc1ccc(C)cc1C)C(=O)Nc1ccccc1SC1C(=O)N(c2c(Cl)cc(Cl)cc2Cl)NC1=Nc1cc(C)ccc1Cl.Cc1ccc(Cl)c(NC(=O)C(C(=O)C(C)(C)C)N2C(=O)OC(C)(C)C2=O)c1.Cc1ccc(O)c(N=NC2C(=O)N(c3c(Cl)cc(Cl)cc3Cl)NC2=Nc2cc(NC(=O)C(C)Oc3ccc(O)c(C)c3)ccc2Cl)c1.[Y]. The Hall–Kier alpha value is -10.9. The van der Waals surface area contributed by atoms with Crippen molar-refractivity contribution in [1.29, 1.82) is 0 Å². The van der Waals surface area contributed by atoms with Gasteiger partial charge < -0.3 is 50.1 Å². The zero-order valence-corrected chi connectivity index (χ0v) is 85.7. The minimum Gasteiger partial charge on any atom is -0.508 e. The van der Waals surface area contributed by atoms with Crippen molar-refractivity contribution in [3.05, 3.63) is 249 Å². The number of halogens is 9. The van der Waals surface area contributed by atoms with Gasteiger partial charge in [0.25, 0.3) is 35.4 Å². The van der Waals surface area contributed by atoms with Crippen LogP contribution in [0.1, 0.15) is 102 Å². The molecule has 41 heteroatoms. The van der Waals surface area contributed by atoms with Crippen LogP contribution in [0.3, 0.4) is 0 Å². The van der Waals surface area contributed by atoms with Crippen molar-refractivity contribution in [3.8, 4) is 28.9 Å². The fourth-order valence-corrected chi connectivity index (χ4v) is 16.5. The molecular weight excluding hydrogens is 2020 g/mol. The first-order valence-corrected chi connectivity index (χ1v) is 45.5. The molecule has 30 nitrogen and oxygen atoms in total. The molecule has 3 saturated heterocycles. The molecule has 703 valence electrons. The van der Waals surface area contributed by atoms with E-state index in [9.17, 15) is 48.6 Å². The first kappa shape index (κ1) is 106. The van der Waals surface area contributed by atoms with Crippen molar-refractivity contribution >= 4 is 232 Å². The summed E-state index contributed by atoms with van der Waals surface area (Å²) in [6, 6.07) is 40.4. The van der Waals surface area contributed by atoms with Gasteiger partial charge in [-0.2, -0.15) is 15.2 Å². The minimum absolute atomic E-state index is 0. The van der Waals surface area contributed by atoms with E-state index in [1.54, 1.807) is 108 Å². The fraction of sp³-hybridized carbons (Fsp3) is 0.266. The summed E-state index contributed by atoms with van der Waals surface area (Å²) in [7, 11) is 0. The van der Waals surface area contributed by atoms with Gasteiger partial charge in [0.2, 0.25) is 11.9 Å². The standard InChI is InChI=1S/C34H30Cl4N4O3S.C32H26Cl4N6O5.C19H23ClN2O5.C9H12N4O.Y/c1-5-27(45-28-13-11-18(2)14-20(28)4)33(43)40-25-8-6-7-9-29(25)46-31-32(39-26-15-19(3)10-12-22(26)36)41-42(34(31)44)30-23(37)16-21(35)17-24(30)38;1-15-4-8-27(44)25(10-15)39-40-28-30(41-42(32(28)46)29-22(35)12-18(33)13-23(29)36)38-24-14-19(5-7-21(24)34)37-31(45)17(3)47-20-6-9-26(43)16(2)11-20;1-10-7-8-11(20)12(9-10)21-15(24)13(14(23)18(2,3)4)22-16(25)19(5,6)27-17(22)26;1-6(2)3-14-9-7-8(11-4-10-7)12-5-13-9;/h6-17,27,31H,5H2,1-4H3,(H,39,41)(H,40,43);4-14,17,28,43-44H,1-3H3,(H,37,45)(H,38,41);7-9,13H,1-6H3,(H,21,24);4-6H,3H2,1-2H3,(H,10,11,12,13);. The third kappa shape index (κ3) is 26.9. The summed E-state index contributed by atoms with van der Waals surface area (Å²) in [5.41, 5.74) is 12.5. The number of aliphatic imine (C=N–C) groups is 2. The number of hydrogen-bond donors (Lipinski definition) is 8. The number of Topliss-reactive ketones (excluding diaryl/α,β-unsaturated/α-hetero) is 1. The molecule has 9 aromatic carbocycles. The number of carbonyl (C=O) groups excluding carboxylic acids is 8. The number of amidine groups is 2. The molecule has 3 fully saturated rings. The van der Waals surface area contributed by atoms with E-state index in [1.165, 1.54) is 85.5 Å². The van der Waals surface area contributed by atoms with Gasteiger partial charge in [0, 0.05) is 58.8 Å². The van der Waals surface area contributed by atoms with Crippen LogP contribution in [0, 0.1) is 52.9 Å². The predicted molar refractivity (Wildman–Crippen MR) is 527 cm³/mol. The summed E-state index contributed by atoms with van der Waals surface area (Å²) >= 11 is 58.4. The number of thioether (sulfide) groups is 1. The maximum absolute atomic E-state index is 14.1. The number of aryl methyl sites for hydroxylation is 6. The zero-order valence-electron chi connectivity index (χ0n) is 75.2. The van der Waals surface area contributed by atoms with Crippen LogP contribution in [0.15, 0.2) is 195 Å². The number of anilines is 5. The van der Waals surface area contributed by atoms with E-state index in [0.29, 0.717) is 90.3 Å². The number of ether oxygens (including phenoxy) is 4. The second-order valence-electron chi connectivity index (χ2n) is 32.7. The van der Waals surface area contributed by atoms with E-state index in [1.807, 2.05) is 84.0 Å². The monoisotopic (exact) mass is 2100 g/mol. The van der Waals surface area contributed by atoms with Crippen molar-refractivity contribution < 1.29 is 100 Å². The maximum Gasteiger partial charge on any atom is 0.418 e. The van der Waals surface area contributed by atoms with E-state index in [0.717, 1.165) is 38.3 Å². The molecule has 2 aromatic heterocycles. The first-order chi connectivity index (χ1) is 63.3. The molecule has 0 spiro atoms. The largest absolute Gasteiger partial charge is 0.508 e. The molecule has 8 N–H and O–H groups in total. The number of hydrogen-bond acceptors (Lipinski definition) is 22. The number of aromatic amines is 1. The molecule has 135 heavy (non-hydrogen) atoms. The molecule has 1 radical (unpaired) electrons. The number of rotatable bonds is 24. The number of carbonyl (C=O) groups is 8. The smallest absolute Gasteiger partial charge is 0.418 e. The van der Waals surface area contributed by atoms with Crippen LogP contribution < -0.4 is 51.0 Å². The van der Waals surface area contributed by atoms with E-state index < -0.39 is 76.1 Å². The molecule has 0 saturated carbocycles. The third-order valence-electron chi connectivity index (χ3n) is 19.9. The Morgan fingerprint density at radius 3 is 1.75 bits per heavy atom. The van der Waals surface area contributed by atoms with Gasteiger partial charge in [-0.05, 0) is 218 Å². The molecule has 14 rings (SSSR count). The number of fused-ring (bicyclic) bond motifs is 1. The van der Waals surface area contributed by atoms with Gasteiger partial charge >= 0.3 is 6.09 Å². The maximum atomic E-state index is 14.1. The van der Waals surface area contributed by atoms with E-state index in [-0.39, 0.29) is 125 Å². The topological polar surface area (TPSA) is 388 Å². The van der Waals surface area contributed by atoms with Gasteiger partial charge in [-0.15, -0.1) is 11.8 Å². The number of nitrogens with zero attached hydrogens (tertiary/aromatic N) is 10. The van der Waals surface area contributed by atoms with E-state index >= 15 is 0 Å². The Labute approximate surface area is 852 Å². The number of para-hydroxylation sites is 1. The van der Waals surface area contributed by atoms with Crippen LogP contribution >= 0.6 is 116 Å². The van der Waals surface area contributed by atoms with Gasteiger partial charge in [0.15, 0.2) is 41.1 Å². The van der Waals surface area contributed by atoms with E-state index in [2.05, 4.69) is 75.8 Å². The van der Waals surface area contributed by atoms with Gasteiger partial charge in [-0.1, -0.05) is 194 Å². The average molecular weight is 2110 g/mol. The molecule has 3 aliphatic heterocycles. The fourth-order valence-electron chi connectivity index (χ4n) is 12.9. The number of aromatic hydroxyl groups is 2. The Kier molecular flexibility index (Phi) is 36.4. The number of azo groups is 1. The number of cyclic esters (lactones) is 1. The van der Waals surface area contributed by atoms with Crippen molar-refractivity contribution in [1.82, 2.24) is 35.7 Å². The third-order valence-corrected chi connectivity index (χ3v) is 23.7. The second kappa shape index (κ2) is 46.3. The van der Waals surface area contributed by atoms with Crippen LogP contribution in [-0.2, 0) is 71.0 Å². The quantitative estimate of drug-likeness (QED) is 0.0206. The zero-order chi connectivity index (χ0) is 97.8. The van der Waals surface area contributed by atoms with Crippen LogP contribution in [-0.4, -0.2) is 136 Å². The summed E-state index contributed by atoms with van der Waals surface area (Å²) < 4.78 is 22.4. The Balaban J connectivity index is 0.000000200. The van der Waals surface area contributed by atoms with Crippen LogP contribution in [0.25, 0.3) is 11.2 Å². The average Bonchev–Trinajstić information content (AvgIpc) is 1.61. The molecule has 5 atom stereocenters. The van der Waals surface area contributed by atoms with E-state index in [4.69, 9.17) is 128 Å². The molecule has 0 bridgehead atoms. The normalized spacial score (nSPS) is 15.7. The molecule has 5 unspecified atom stereocenters. The Bertz CT molecular complexity index is 6440. The van der Waals surface area contributed by atoms with Crippen LogP contribution in [0.4, 0.5) is 50.3 Å². The summed E-state index contributed by atoms with van der Waals surface area (Å²) in [5.74, 6) is -1.59. The Morgan fingerprint density at radius 2 is 1.14 bits per heavy atom. The number of H-pyrrole nitrogens is 1. The first-order valence-electron chi connectivity index (χ1n) is 41.2. The predicted octanol–water partition coefficient (Wildman–Crippen LogP) is 22.9. The summed E-state index contributed by atoms with van der Waals surface area (Å²) in [6.45, 7) is 27.1. The number of imidazole rings is 1. The number of amides is 7. The summed E-state index contributed by atoms with van der Waals surface area (Å²) in [6.07, 6.45) is 0.826. The number of imide groups is 1. The molecular formula is C94H91Cl9N16O14SY. The van der Waals surface area contributed by atoms with Crippen molar-refractivity contribution in [2.45, 2.75) is 150 Å². The molecule has 5 heterocycles. The Morgan fingerprint density at radius 1 is 0.585 bits per heavy atom. The molecule has 11 aromatic rings. The van der Waals surface area contributed by atoms with Gasteiger partial charge in [-0.25, -0.2) is 39.7 Å².